The number of benzene rings is 1. The van der Waals surface area contributed by atoms with Gasteiger partial charge < -0.3 is 0 Å². The van der Waals surface area contributed by atoms with Crippen molar-refractivity contribution in [3.63, 3.8) is 0 Å². The Morgan fingerprint density at radius 2 is 1.80 bits per heavy atom. The molecule has 0 aliphatic heterocycles. The molecule has 0 radical (unpaired) electrons. The summed E-state index contributed by atoms with van der Waals surface area (Å²) in [5.74, 6) is 0.251. The Labute approximate surface area is 128 Å². The van der Waals surface area contributed by atoms with Crippen LogP contribution in [0.5, 0.6) is 0 Å². The predicted molar refractivity (Wildman–Crippen MR) is 85.4 cm³/mol. The maximum atomic E-state index is 11.7. The molecule has 0 heterocycles. The fourth-order valence-corrected chi connectivity index (χ4v) is 3.78. The van der Waals surface area contributed by atoms with E-state index in [1.807, 2.05) is 32.9 Å². The van der Waals surface area contributed by atoms with Gasteiger partial charge in [-0.05, 0) is 0 Å². The quantitative estimate of drug-likeness (QED) is 0.467. The zero-order chi connectivity index (χ0) is 15.2. The van der Waals surface area contributed by atoms with Gasteiger partial charge >= 0.3 is 128 Å². The van der Waals surface area contributed by atoms with Crippen LogP contribution in [0.4, 0.5) is 0 Å². The van der Waals surface area contributed by atoms with Crippen LogP contribution < -0.4 is 4.46 Å². The van der Waals surface area contributed by atoms with E-state index in [4.69, 9.17) is 4.74 Å². The summed E-state index contributed by atoms with van der Waals surface area (Å²) in [5.41, 5.74) is -0.431. The van der Waals surface area contributed by atoms with Crippen LogP contribution in [0, 0.1) is 5.92 Å². The van der Waals surface area contributed by atoms with Crippen LogP contribution in [0.25, 0.3) is 0 Å². The summed E-state index contributed by atoms with van der Waals surface area (Å²) < 4.78 is 6.65. The van der Waals surface area contributed by atoms with Gasteiger partial charge in [0, 0.05) is 0 Å². The molecule has 0 aliphatic carbocycles. The average Bonchev–Trinajstić information content (AvgIpc) is 2.33. The summed E-state index contributed by atoms with van der Waals surface area (Å²) in [4.78, 5) is 12.1. The van der Waals surface area contributed by atoms with Crippen LogP contribution in [0.2, 0.25) is 4.82 Å². The van der Waals surface area contributed by atoms with Gasteiger partial charge in [-0.15, -0.1) is 0 Å². The number of hydrogen-bond donors (Lipinski definition) is 0. The second-order valence-electron chi connectivity index (χ2n) is 6.03. The first-order valence-electron chi connectivity index (χ1n) is 6.91. The first-order valence-corrected chi connectivity index (χ1v) is 8.75. The molecule has 0 aromatic heterocycles. The molecular formula is C17H24O2Se. The first-order chi connectivity index (χ1) is 9.28. The molecule has 0 saturated heterocycles. The summed E-state index contributed by atoms with van der Waals surface area (Å²) in [6.45, 7) is 10.0. The molecule has 2 nitrogen and oxygen atoms in total. The first kappa shape index (κ1) is 17.0. The molecule has 1 rings (SSSR count). The van der Waals surface area contributed by atoms with Gasteiger partial charge in [0.05, 0.1) is 0 Å². The third-order valence-corrected chi connectivity index (χ3v) is 5.69. The minimum atomic E-state index is -0.431. The Balaban J connectivity index is 2.66. The molecule has 1 aromatic rings. The van der Waals surface area contributed by atoms with Crippen molar-refractivity contribution >= 4 is 25.4 Å². The number of hydrogen-bond acceptors (Lipinski definition) is 2. The molecule has 0 saturated carbocycles. The van der Waals surface area contributed by atoms with Crippen molar-refractivity contribution in [2.45, 2.75) is 45.0 Å². The van der Waals surface area contributed by atoms with Gasteiger partial charge in [0.15, 0.2) is 0 Å². The zero-order valence-corrected chi connectivity index (χ0v) is 14.6. The SMILES string of the molecule is CC(C)C(/C=C/C(=O)OC(C)(C)C)[Se]c1ccccc1. The number of rotatable bonds is 5. The molecule has 110 valence electrons. The minimum absolute atomic E-state index is 0.257. The van der Waals surface area contributed by atoms with Crippen molar-refractivity contribution in [3.05, 3.63) is 42.5 Å². The summed E-state index contributed by atoms with van der Waals surface area (Å²) in [7, 11) is 0. The summed E-state index contributed by atoms with van der Waals surface area (Å²) in [6.07, 6.45) is 3.59. The van der Waals surface area contributed by atoms with Gasteiger partial charge in [-0.25, -0.2) is 0 Å². The maximum absolute atomic E-state index is 11.7. The third-order valence-electron chi connectivity index (χ3n) is 2.50. The summed E-state index contributed by atoms with van der Waals surface area (Å²) in [6, 6.07) is 10.5. The van der Waals surface area contributed by atoms with Gasteiger partial charge in [0.1, 0.15) is 0 Å². The third kappa shape index (κ3) is 6.93. The van der Waals surface area contributed by atoms with Crippen LogP contribution in [-0.4, -0.2) is 26.5 Å². The number of carbonyl (C=O) groups is 1. The van der Waals surface area contributed by atoms with E-state index in [-0.39, 0.29) is 5.97 Å². The van der Waals surface area contributed by atoms with E-state index in [2.05, 4.69) is 38.1 Å². The Kier molecular flexibility index (Phi) is 6.51. The second kappa shape index (κ2) is 7.66. The van der Waals surface area contributed by atoms with Gasteiger partial charge in [-0.1, -0.05) is 0 Å². The molecular weight excluding hydrogens is 315 g/mol. The van der Waals surface area contributed by atoms with E-state index in [1.165, 1.54) is 4.46 Å². The molecule has 0 aliphatic rings. The van der Waals surface area contributed by atoms with E-state index in [1.54, 1.807) is 6.08 Å². The van der Waals surface area contributed by atoms with Crippen molar-refractivity contribution in [1.82, 2.24) is 0 Å². The summed E-state index contributed by atoms with van der Waals surface area (Å²) in [5, 5.41) is 0. The zero-order valence-electron chi connectivity index (χ0n) is 12.9. The molecule has 3 heteroatoms. The molecule has 0 amide bonds. The average molecular weight is 339 g/mol. The van der Waals surface area contributed by atoms with Crippen LogP contribution >= 0.6 is 0 Å². The van der Waals surface area contributed by atoms with Crippen LogP contribution in [-0.2, 0) is 9.53 Å². The molecule has 0 fully saturated rings. The Bertz CT molecular complexity index is 444. The predicted octanol–water partition coefficient (Wildman–Crippen LogP) is 3.36. The summed E-state index contributed by atoms with van der Waals surface area (Å²) >= 11 is 0.327. The second-order valence-corrected chi connectivity index (χ2v) is 8.66. The molecule has 20 heavy (non-hydrogen) atoms. The van der Waals surface area contributed by atoms with Crippen molar-refractivity contribution in [1.29, 1.82) is 0 Å². The van der Waals surface area contributed by atoms with Gasteiger partial charge in [0.25, 0.3) is 0 Å². The monoisotopic (exact) mass is 340 g/mol. The standard InChI is InChI=1S/C17H24O2Se/c1-13(2)15(20-14-9-7-6-8-10-14)11-12-16(18)19-17(3,4)5/h6-13,15H,1-5H3/b12-11+. The van der Waals surface area contributed by atoms with Crippen LogP contribution in [0.15, 0.2) is 42.5 Å². The number of carbonyl (C=O) groups excluding carboxylic acids is 1. The van der Waals surface area contributed by atoms with Gasteiger partial charge in [0.2, 0.25) is 0 Å². The van der Waals surface area contributed by atoms with E-state index in [0.29, 0.717) is 25.7 Å². The molecule has 1 aromatic carbocycles. The van der Waals surface area contributed by atoms with E-state index >= 15 is 0 Å². The van der Waals surface area contributed by atoms with Crippen LogP contribution in [0.3, 0.4) is 0 Å². The Morgan fingerprint density at radius 1 is 1.20 bits per heavy atom. The number of allylic oxidation sites excluding steroid dienone is 1. The fourth-order valence-electron chi connectivity index (χ4n) is 1.56. The Morgan fingerprint density at radius 3 is 2.30 bits per heavy atom. The Hall–Kier alpha value is -1.05. The van der Waals surface area contributed by atoms with Crippen molar-refractivity contribution in [3.8, 4) is 0 Å². The van der Waals surface area contributed by atoms with Crippen LogP contribution in [0.1, 0.15) is 34.6 Å². The molecule has 1 unspecified atom stereocenters. The van der Waals surface area contributed by atoms with Crippen molar-refractivity contribution in [2.24, 2.45) is 5.92 Å². The van der Waals surface area contributed by atoms with E-state index in [0.717, 1.165) is 0 Å². The van der Waals surface area contributed by atoms with E-state index < -0.39 is 5.60 Å². The van der Waals surface area contributed by atoms with Gasteiger partial charge in [-0.3, -0.25) is 0 Å². The van der Waals surface area contributed by atoms with Crippen molar-refractivity contribution in [2.75, 3.05) is 0 Å². The molecule has 1 atom stereocenters. The van der Waals surface area contributed by atoms with Gasteiger partial charge in [-0.2, -0.15) is 0 Å². The molecule has 0 spiro atoms. The number of ether oxygens (including phenoxy) is 1. The molecule has 0 N–H and O–H groups in total. The fraction of sp³-hybridized carbons (Fsp3) is 0.471. The van der Waals surface area contributed by atoms with E-state index in [9.17, 15) is 4.79 Å². The normalized spacial score (nSPS) is 13.7. The molecule has 0 bridgehead atoms. The van der Waals surface area contributed by atoms with Crippen molar-refractivity contribution < 1.29 is 9.53 Å². The topological polar surface area (TPSA) is 26.3 Å². The number of esters is 1.